The fourth-order valence-electron chi connectivity index (χ4n) is 2.96. The van der Waals surface area contributed by atoms with Crippen LogP contribution in [0, 0.1) is 19.7 Å². The smallest absolute Gasteiger partial charge is 0.329 e. The zero-order valence-electron chi connectivity index (χ0n) is 18.5. The van der Waals surface area contributed by atoms with E-state index in [9.17, 15) is 14.0 Å². The molecule has 7 nitrogen and oxygen atoms in total. The fourth-order valence-corrected chi connectivity index (χ4v) is 2.96. The molecule has 8 heteroatoms. The SMILES string of the molecule is COc1cccc(/C=N\NC(=O)C(=O)Nc2cccc(C)c2C)c1OCc1ccc(F)cc1. The largest absolute Gasteiger partial charge is 0.493 e. The Morgan fingerprint density at radius 3 is 2.45 bits per heavy atom. The van der Waals surface area contributed by atoms with Gasteiger partial charge in [0.25, 0.3) is 0 Å². The van der Waals surface area contributed by atoms with Crippen molar-refractivity contribution in [3.05, 3.63) is 88.7 Å². The second-order valence-corrected chi connectivity index (χ2v) is 7.19. The van der Waals surface area contributed by atoms with Gasteiger partial charge < -0.3 is 14.8 Å². The summed E-state index contributed by atoms with van der Waals surface area (Å²) >= 11 is 0. The molecule has 0 aliphatic heterocycles. The second-order valence-electron chi connectivity index (χ2n) is 7.19. The Kier molecular flexibility index (Phi) is 7.75. The molecule has 0 bridgehead atoms. The minimum Gasteiger partial charge on any atom is -0.493 e. The number of carbonyl (C=O) groups is 2. The number of rotatable bonds is 7. The molecule has 0 spiro atoms. The maximum Gasteiger partial charge on any atom is 0.329 e. The number of nitrogens with one attached hydrogen (secondary N) is 2. The Hall–Kier alpha value is -4.20. The molecule has 0 atom stereocenters. The van der Waals surface area contributed by atoms with Crippen molar-refractivity contribution in [1.82, 2.24) is 5.43 Å². The number of ether oxygens (including phenoxy) is 2. The number of benzene rings is 3. The molecule has 0 radical (unpaired) electrons. The van der Waals surface area contributed by atoms with Crippen molar-refractivity contribution in [2.45, 2.75) is 20.5 Å². The first-order valence-corrected chi connectivity index (χ1v) is 10.1. The van der Waals surface area contributed by atoms with E-state index >= 15 is 0 Å². The van der Waals surface area contributed by atoms with E-state index in [0.29, 0.717) is 22.7 Å². The summed E-state index contributed by atoms with van der Waals surface area (Å²) in [7, 11) is 1.50. The lowest BCUT2D eigenvalue weighted by atomic mass is 10.1. The first-order valence-electron chi connectivity index (χ1n) is 10.1. The summed E-state index contributed by atoms with van der Waals surface area (Å²) in [5, 5.41) is 6.45. The molecule has 0 saturated carbocycles. The molecule has 0 saturated heterocycles. The summed E-state index contributed by atoms with van der Waals surface area (Å²) in [5.41, 5.74) is 5.93. The molecule has 0 heterocycles. The number of amides is 2. The summed E-state index contributed by atoms with van der Waals surface area (Å²) in [5.74, 6) is -1.23. The van der Waals surface area contributed by atoms with Gasteiger partial charge in [-0.15, -0.1) is 0 Å². The van der Waals surface area contributed by atoms with Gasteiger partial charge >= 0.3 is 11.8 Å². The molecule has 3 aromatic rings. The molecule has 3 rings (SSSR count). The number of hydrogen-bond acceptors (Lipinski definition) is 5. The van der Waals surface area contributed by atoms with Crippen molar-refractivity contribution >= 4 is 23.7 Å². The summed E-state index contributed by atoms with van der Waals surface area (Å²) in [6.45, 7) is 3.95. The predicted molar refractivity (Wildman–Crippen MR) is 124 cm³/mol. The number of hydrogen-bond donors (Lipinski definition) is 2. The van der Waals surface area contributed by atoms with Crippen molar-refractivity contribution in [3.63, 3.8) is 0 Å². The van der Waals surface area contributed by atoms with Gasteiger partial charge in [-0.25, -0.2) is 9.82 Å². The van der Waals surface area contributed by atoms with Gasteiger partial charge in [0.2, 0.25) is 0 Å². The molecule has 0 aliphatic carbocycles. The molecule has 33 heavy (non-hydrogen) atoms. The number of methoxy groups -OCH3 is 1. The van der Waals surface area contributed by atoms with Gasteiger partial charge in [-0.2, -0.15) is 5.10 Å². The topological polar surface area (TPSA) is 89.0 Å². The van der Waals surface area contributed by atoms with E-state index < -0.39 is 11.8 Å². The van der Waals surface area contributed by atoms with E-state index in [1.807, 2.05) is 19.9 Å². The molecule has 2 amide bonds. The fraction of sp³-hybridized carbons (Fsp3) is 0.160. The van der Waals surface area contributed by atoms with E-state index in [1.54, 1.807) is 42.5 Å². The van der Waals surface area contributed by atoms with Gasteiger partial charge in [0.15, 0.2) is 11.5 Å². The number of aryl methyl sites for hydroxylation is 1. The number of halogens is 1. The Bertz CT molecular complexity index is 1180. The second kappa shape index (κ2) is 10.9. The van der Waals surface area contributed by atoms with E-state index in [0.717, 1.165) is 16.7 Å². The van der Waals surface area contributed by atoms with E-state index in [-0.39, 0.29) is 12.4 Å². The van der Waals surface area contributed by atoms with Gasteiger partial charge in [-0.3, -0.25) is 9.59 Å². The highest BCUT2D eigenvalue weighted by Crippen LogP contribution is 2.30. The molecule has 0 aromatic heterocycles. The zero-order chi connectivity index (χ0) is 23.8. The number of para-hydroxylation sites is 1. The first kappa shape index (κ1) is 23.5. The third kappa shape index (κ3) is 6.16. The Balaban J connectivity index is 1.67. The highest BCUT2D eigenvalue weighted by atomic mass is 19.1. The lowest BCUT2D eigenvalue weighted by Gasteiger charge is -2.13. The highest BCUT2D eigenvalue weighted by molar-refractivity contribution is 6.39. The summed E-state index contributed by atoms with van der Waals surface area (Å²) < 4.78 is 24.3. The van der Waals surface area contributed by atoms with Crippen molar-refractivity contribution in [1.29, 1.82) is 0 Å². The monoisotopic (exact) mass is 449 g/mol. The van der Waals surface area contributed by atoms with Crippen LogP contribution in [-0.4, -0.2) is 25.1 Å². The normalized spacial score (nSPS) is 10.7. The molecular formula is C25H24FN3O4. The average Bonchev–Trinajstić information content (AvgIpc) is 2.81. The number of nitrogens with zero attached hydrogens (tertiary/aromatic N) is 1. The summed E-state index contributed by atoms with van der Waals surface area (Å²) in [6.07, 6.45) is 1.35. The quantitative estimate of drug-likeness (QED) is 0.323. The van der Waals surface area contributed by atoms with Gasteiger partial charge in [-0.05, 0) is 60.9 Å². The van der Waals surface area contributed by atoms with Crippen LogP contribution in [-0.2, 0) is 16.2 Å². The Labute approximate surface area is 191 Å². The first-order chi connectivity index (χ1) is 15.9. The van der Waals surface area contributed by atoms with Crippen LogP contribution >= 0.6 is 0 Å². The van der Waals surface area contributed by atoms with Crippen LogP contribution in [0.25, 0.3) is 0 Å². The number of anilines is 1. The van der Waals surface area contributed by atoms with Gasteiger partial charge in [0.05, 0.1) is 13.3 Å². The maximum absolute atomic E-state index is 13.1. The number of hydrazone groups is 1. The van der Waals surface area contributed by atoms with Gasteiger partial charge in [0, 0.05) is 11.3 Å². The third-order valence-electron chi connectivity index (χ3n) is 4.95. The van der Waals surface area contributed by atoms with Crippen LogP contribution < -0.4 is 20.2 Å². The maximum atomic E-state index is 13.1. The third-order valence-corrected chi connectivity index (χ3v) is 4.95. The average molecular weight is 449 g/mol. The van der Waals surface area contributed by atoms with Crippen LogP contribution in [0.1, 0.15) is 22.3 Å². The van der Waals surface area contributed by atoms with Crippen molar-refractivity contribution in [2.24, 2.45) is 5.10 Å². The zero-order valence-corrected chi connectivity index (χ0v) is 18.5. The molecule has 0 fully saturated rings. The number of carbonyl (C=O) groups excluding carboxylic acids is 2. The van der Waals surface area contributed by atoms with Crippen molar-refractivity contribution in [2.75, 3.05) is 12.4 Å². The van der Waals surface area contributed by atoms with E-state index in [1.165, 1.54) is 25.5 Å². The Morgan fingerprint density at radius 1 is 1.00 bits per heavy atom. The molecule has 3 aromatic carbocycles. The highest BCUT2D eigenvalue weighted by Gasteiger charge is 2.15. The summed E-state index contributed by atoms with van der Waals surface area (Å²) in [6, 6.07) is 16.5. The van der Waals surface area contributed by atoms with E-state index in [4.69, 9.17) is 9.47 Å². The van der Waals surface area contributed by atoms with Crippen LogP contribution in [0.5, 0.6) is 11.5 Å². The summed E-state index contributed by atoms with van der Waals surface area (Å²) in [4.78, 5) is 24.4. The van der Waals surface area contributed by atoms with E-state index in [2.05, 4.69) is 15.8 Å². The minimum atomic E-state index is -0.913. The predicted octanol–water partition coefficient (Wildman–Crippen LogP) is 4.12. The molecule has 0 unspecified atom stereocenters. The Morgan fingerprint density at radius 2 is 1.73 bits per heavy atom. The van der Waals surface area contributed by atoms with Gasteiger partial charge in [-0.1, -0.05) is 30.3 Å². The van der Waals surface area contributed by atoms with Gasteiger partial charge in [0.1, 0.15) is 12.4 Å². The van der Waals surface area contributed by atoms with Crippen LogP contribution in [0.2, 0.25) is 0 Å². The molecule has 0 aliphatic rings. The van der Waals surface area contributed by atoms with Crippen LogP contribution in [0.15, 0.2) is 65.8 Å². The van der Waals surface area contributed by atoms with Crippen LogP contribution in [0.3, 0.4) is 0 Å². The van der Waals surface area contributed by atoms with Crippen molar-refractivity contribution < 1.29 is 23.5 Å². The molecule has 170 valence electrons. The lowest BCUT2D eigenvalue weighted by molar-refractivity contribution is -0.136. The molecule has 2 N–H and O–H groups in total. The minimum absolute atomic E-state index is 0.173. The standard InChI is InChI=1S/C25H24FN3O4/c1-16-6-4-8-21(17(16)2)28-24(30)25(31)29-27-14-19-7-5-9-22(32-3)23(19)33-15-18-10-12-20(26)13-11-18/h4-14H,15H2,1-3H3,(H,28,30)(H,29,31)/b27-14-. The lowest BCUT2D eigenvalue weighted by Crippen LogP contribution is -2.32. The molecular weight excluding hydrogens is 425 g/mol. The van der Waals surface area contributed by atoms with Crippen LogP contribution in [0.4, 0.5) is 10.1 Å². The van der Waals surface area contributed by atoms with Crippen molar-refractivity contribution in [3.8, 4) is 11.5 Å².